The summed E-state index contributed by atoms with van der Waals surface area (Å²) < 4.78 is 13.4. The number of urea groups is 1. The molecule has 0 bridgehead atoms. The molecule has 7 nitrogen and oxygen atoms in total. The molecule has 0 aromatic heterocycles. The van der Waals surface area contributed by atoms with Gasteiger partial charge in [-0.2, -0.15) is 0 Å². The Balaban J connectivity index is 1.13. The summed E-state index contributed by atoms with van der Waals surface area (Å²) in [6.07, 6.45) is -0.771. The minimum absolute atomic E-state index is 0.00978. The standard InChI is InChI=1S/C42H45N3O4/c1-30-39(28-45(2)27-32-12-7-4-8-13-32)48-41(49-40(30)36-18-16-33(29-46)17-19-36)37-22-20-35(21-23-37)38-15-9-14-34(24-38)26-44-42(47)43-25-31-10-5-3-6-11-31/h3-24,30,39-41,46H,25-29H2,1-2H3,(H2,43,44,47)/t30-,39+,40+,41+/m0/s1. The number of benzene rings is 5. The molecule has 0 radical (unpaired) electrons. The molecule has 1 heterocycles. The fourth-order valence-electron chi connectivity index (χ4n) is 6.31. The number of aliphatic hydroxyl groups excluding tert-OH is 1. The highest BCUT2D eigenvalue weighted by molar-refractivity contribution is 5.74. The van der Waals surface area contributed by atoms with Crippen LogP contribution in [0.1, 0.15) is 52.7 Å². The molecule has 5 aromatic rings. The smallest absolute Gasteiger partial charge is 0.315 e. The molecule has 6 rings (SSSR count). The summed E-state index contributed by atoms with van der Waals surface area (Å²) >= 11 is 0. The zero-order chi connectivity index (χ0) is 34.0. The van der Waals surface area contributed by atoms with E-state index in [1.807, 2.05) is 60.7 Å². The predicted molar refractivity (Wildman–Crippen MR) is 193 cm³/mol. The molecule has 1 fully saturated rings. The average molecular weight is 656 g/mol. The predicted octanol–water partition coefficient (Wildman–Crippen LogP) is 7.77. The largest absolute Gasteiger partial charge is 0.392 e. The summed E-state index contributed by atoms with van der Waals surface area (Å²) in [5.41, 5.74) is 8.37. The van der Waals surface area contributed by atoms with Gasteiger partial charge in [-0.1, -0.05) is 134 Å². The van der Waals surface area contributed by atoms with Gasteiger partial charge in [-0.15, -0.1) is 0 Å². The lowest BCUT2D eigenvalue weighted by Gasteiger charge is -2.42. The highest BCUT2D eigenvalue weighted by Crippen LogP contribution is 2.42. The van der Waals surface area contributed by atoms with Crippen LogP contribution in [0.3, 0.4) is 0 Å². The van der Waals surface area contributed by atoms with E-state index in [-0.39, 0.29) is 30.8 Å². The van der Waals surface area contributed by atoms with Crippen molar-refractivity contribution in [3.63, 3.8) is 0 Å². The Labute approximate surface area is 289 Å². The first-order valence-corrected chi connectivity index (χ1v) is 16.9. The van der Waals surface area contributed by atoms with Crippen LogP contribution in [-0.4, -0.2) is 35.7 Å². The van der Waals surface area contributed by atoms with Gasteiger partial charge in [0.05, 0.1) is 18.8 Å². The second-order valence-electron chi connectivity index (χ2n) is 12.8. The first-order chi connectivity index (χ1) is 23.9. The van der Waals surface area contributed by atoms with E-state index >= 15 is 0 Å². The Morgan fingerprint density at radius 2 is 1.29 bits per heavy atom. The topological polar surface area (TPSA) is 83.1 Å². The quantitative estimate of drug-likeness (QED) is 0.128. The molecule has 7 heteroatoms. The Morgan fingerprint density at radius 3 is 1.96 bits per heavy atom. The third-order valence-electron chi connectivity index (χ3n) is 9.10. The van der Waals surface area contributed by atoms with Gasteiger partial charge in [0, 0.05) is 37.7 Å². The van der Waals surface area contributed by atoms with E-state index in [1.165, 1.54) is 5.56 Å². The van der Waals surface area contributed by atoms with Crippen LogP contribution in [0, 0.1) is 5.92 Å². The Morgan fingerprint density at radius 1 is 0.673 bits per heavy atom. The first kappa shape index (κ1) is 34.1. The van der Waals surface area contributed by atoms with Crippen LogP contribution in [0.5, 0.6) is 0 Å². The van der Waals surface area contributed by atoms with Gasteiger partial charge in [-0.3, -0.25) is 4.90 Å². The molecule has 4 atom stereocenters. The van der Waals surface area contributed by atoms with Gasteiger partial charge in [0.15, 0.2) is 6.29 Å². The highest BCUT2D eigenvalue weighted by Gasteiger charge is 2.38. The van der Waals surface area contributed by atoms with E-state index in [4.69, 9.17) is 9.47 Å². The summed E-state index contributed by atoms with van der Waals surface area (Å²) in [5, 5.41) is 15.5. The van der Waals surface area contributed by atoms with E-state index in [9.17, 15) is 9.90 Å². The van der Waals surface area contributed by atoms with Gasteiger partial charge in [-0.05, 0) is 52.1 Å². The SMILES string of the molecule is C[C@H]1[C@@H](CN(C)Cc2ccccc2)O[C@@H](c2ccc(-c3cccc(CNC(=O)NCc4ccccc4)c3)cc2)O[C@H]1c1ccc(CO)cc1. The van der Waals surface area contributed by atoms with Gasteiger partial charge in [0.25, 0.3) is 0 Å². The van der Waals surface area contributed by atoms with E-state index in [2.05, 4.69) is 102 Å². The number of amides is 2. The summed E-state index contributed by atoms with van der Waals surface area (Å²) in [6.45, 7) is 4.69. The molecule has 1 aliphatic rings. The van der Waals surface area contributed by atoms with Crippen molar-refractivity contribution >= 4 is 6.03 Å². The summed E-state index contributed by atoms with van der Waals surface area (Å²) in [6, 6.07) is 44.7. The van der Waals surface area contributed by atoms with Crippen LogP contribution in [0.15, 0.2) is 133 Å². The molecule has 1 aliphatic heterocycles. The van der Waals surface area contributed by atoms with Gasteiger partial charge >= 0.3 is 6.03 Å². The first-order valence-electron chi connectivity index (χ1n) is 16.9. The lowest BCUT2D eigenvalue weighted by atomic mass is 9.90. The maximum Gasteiger partial charge on any atom is 0.315 e. The molecule has 0 unspecified atom stereocenters. The van der Waals surface area contributed by atoms with Crippen LogP contribution < -0.4 is 10.6 Å². The molecular weight excluding hydrogens is 610 g/mol. The number of rotatable bonds is 12. The van der Waals surface area contributed by atoms with Crippen molar-refractivity contribution in [2.45, 2.75) is 51.7 Å². The number of carbonyl (C=O) groups is 1. The van der Waals surface area contributed by atoms with Crippen molar-refractivity contribution in [1.29, 1.82) is 0 Å². The number of aliphatic hydroxyl groups is 1. The maximum absolute atomic E-state index is 12.4. The van der Waals surface area contributed by atoms with Crippen LogP contribution in [0.2, 0.25) is 0 Å². The summed E-state index contributed by atoms with van der Waals surface area (Å²) in [4.78, 5) is 14.7. The van der Waals surface area contributed by atoms with E-state index in [1.54, 1.807) is 0 Å². The van der Waals surface area contributed by atoms with Crippen molar-refractivity contribution in [2.75, 3.05) is 13.6 Å². The van der Waals surface area contributed by atoms with E-state index in [0.29, 0.717) is 13.1 Å². The molecule has 0 saturated carbocycles. The van der Waals surface area contributed by atoms with Crippen molar-refractivity contribution in [3.05, 3.63) is 167 Å². The van der Waals surface area contributed by atoms with E-state index in [0.717, 1.165) is 52.0 Å². The number of nitrogens with one attached hydrogen (secondary N) is 2. The molecule has 49 heavy (non-hydrogen) atoms. The summed E-state index contributed by atoms with van der Waals surface area (Å²) in [5.74, 6) is 0.102. The lowest BCUT2D eigenvalue weighted by molar-refractivity contribution is -0.276. The molecule has 3 N–H and O–H groups in total. The fraction of sp³-hybridized carbons (Fsp3) is 0.262. The maximum atomic E-state index is 12.4. The molecular formula is C42H45N3O4. The normalized spacial score (nSPS) is 19.0. The Hall–Kier alpha value is -4.79. The Bertz CT molecular complexity index is 1760. The number of ether oxygens (including phenoxy) is 2. The van der Waals surface area contributed by atoms with Gasteiger partial charge in [-0.25, -0.2) is 4.79 Å². The second kappa shape index (κ2) is 16.5. The second-order valence-corrected chi connectivity index (χ2v) is 12.8. The number of hydrogen-bond acceptors (Lipinski definition) is 5. The monoisotopic (exact) mass is 655 g/mol. The van der Waals surface area contributed by atoms with Crippen LogP contribution in [0.25, 0.3) is 11.1 Å². The van der Waals surface area contributed by atoms with Crippen LogP contribution in [0.4, 0.5) is 4.79 Å². The molecule has 252 valence electrons. The van der Waals surface area contributed by atoms with Crippen LogP contribution >= 0.6 is 0 Å². The van der Waals surface area contributed by atoms with Gasteiger partial charge in [0.2, 0.25) is 0 Å². The van der Waals surface area contributed by atoms with E-state index < -0.39 is 6.29 Å². The molecule has 2 amide bonds. The van der Waals surface area contributed by atoms with Crippen molar-refractivity contribution in [1.82, 2.24) is 15.5 Å². The number of carbonyl (C=O) groups excluding carboxylic acids is 1. The zero-order valence-corrected chi connectivity index (χ0v) is 28.2. The van der Waals surface area contributed by atoms with Crippen LogP contribution in [-0.2, 0) is 35.7 Å². The minimum Gasteiger partial charge on any atom is -0.392 e. The minimum atomic E-state index is -0.534. The third kappa shape index (κ3) is 9.22. The third-order valence-corrected chi connectivity index (χ3v) is 9.10. The van der Waals surface area contributed by atoms with Crippen molar-refractivity contribution in [2.24, 2.45) is 5.92 Å². The molecule has 5 aromatic carbocycles. The number of hydrogen-bond donors (Lipinski definition) is 3. The van der Waals surface area contributed by atoms with Gasteiger partial charge in [0.1, 0.15) is 0 Å². The lowest BCUT2D eigenvalue weighted by Crippen LogP contribution is -2.43. The number of likely N-dealkylation sites (N-methyl/N-ethyl adjacent to an activating group) is 1. The molecule has 1 saturated heterocycles. The average Bonchev–Trinajstić information content (AvgIpc) is 3.15. The van der Waals surface area contributed by atoms with Crippen molar-refractivity contribution in [3.8, 4) is 11.1 Å². The summed E-state index contributed by atoms with van der Waals surface area (Å²) in [7, 11) is 2.13. The highest BCUT2D eigenvalue weighted by atomic mass is 16.7. The number of nitrogens with zero attached hydrogens (tertiary/aromatic N) is 1. The molecule has 0 spiro atoms. The fourth-order valence-corrected chi connectivity index (χ4v) is 6.31. The van der Waals surface area contributed by atoms with Gasteiger partial charge < -0.3 is 25.2 Å². The Kier molecular flexibility index (Phi) is 11.5. The zero-order valence-electron chi connectivity index (χ0n) is 28.2. The molecule has 0 aliphatic carbocycles. The van der Waals surface area contributed by atoms with Crippen molar-refractivity contribution < 1.29 is 19.4 Å².